The van der Waals surface area contributed by atoms with Gasteiger partial charge in [-0.1, -0.05) is 18.2 Å². The number of carbonyl (C=O) groups is 1. The van der Waals surface area contributed by atoms with Gasteiger partial charge in [0.2, 0.25) is 0 Å². The van der Waals surface area contributed by atoms with Gasteiger partial charge in [0, 0.05) is 23.7 Å². The van der Waals surface area contributed by atoms with Crippen molar-refractivity contribution in [3.63, 3.8) is 0 Å². The molecule has 0 bridgehead atoms. The lowest BCUT2D eigenvalue weighted by Crippen LogP contribution is -2.10. The van der Waals surface area contributed by atoms with E-state index in [4.69, 9.17) is 5.73 Å². The zero-order valence-corrected chi connectivity index (χ0v) is 10.3. The van der Waals surface area contributed by atoms with Crippen LogP contribution in [0.15, 0.2) is 42.6 Å². The van der Waals surface area contributed by atoms with Crippen molar-refractivity contribution in [2.45, 2.75) is 12.6 Å². The summed E-state index contributed by atoms with van der Waals surface area (Å²) in [4.78, 5) is 15.8. The number of Topliss-reactive ketones (excluding diaryl/α,β-unsaturated/α-hetero) is 1. The largest absolute Gasteiger partial charge is 0.416 e. The number of pyridine rings is 1. The van der Waals surface area contributed by atoms with E-state index < -0.39 is 17.5 Å². The normalized spacial score (nSPS) is 11.3. The Kier molecular flexibility index (Phi) is 3.74. The van der Waals surface area contributed by atoms with Crippen molar-refractivity contribution in [2.75, 3.05) is 5.73 Å². The minimum absolute atomic E-state index is 0.00285. The highest BCUT2D eigenvalue weighted by Crippen LogP contribution is 2.29. The number of hydrogen-bond acceptors (Lipinski definition) is 3. The monoisotopic (exact) mass is 280 g/mol. The Morgan fingerprint density at radius 1 is 1.20 bits per heavy atom. The van der Waals surface area contributed by atoms with Crippen molar-refractivity contribution >= 4 is 11.6 Å². The SMILES string of the molecule is Nc1ncccc1CC(=O)c1cccc(C(F)(F)F)c1. The second-order valence-corrected chi connectivity index (χ2v) is 4.23. The summed E-state index contributed by atoms with van der Waals surface area (Å²) in [5.41, 5.74) is 5.26. The van der Waals surface area contributed by atoms with Crippen LogP contribution < -0.4 is 5.73 Å². The van der Waals surface area contributed by atoms with E-state index in [2.05, 4.69) is 4.98 Å². The first-order valence-electron chi connectivity index (χ1n) is 5.78. The molecule has 6 heteroatoms. The third-order valence-electron chi connectivity index (χ3n) is 2.79. The average Bonchev–Trinajstić information content (AvgIpc) is 2.40. The predicted molar refractivity (Wildman–Crippen MR) is 68.1 cm³/mol. The first-order chi connectivity index (χ1) is 9.38. The lowest BCUT2D eigenvalue weighted by Gasteiger charge is -2.08. The van der Waals surface area contributed by atoms with Crippen molar-refractivity contribution < 1.29 is 18.0 Å². The smallest absolute Gasteiger partial charge is 0.383 e. The highest BCUT2D eigenvalue weighted by molar-refractivity contribution is 5.98. The molecule has 0 fully saturated rings. The van der Waals surface area contributed by atoms with Crippen LogP contribution in [0.1, 0.15) is 21.5 Å². The van der Waals surface area contributed by atoms with Gasteiger partial charge in [-0.15, -0.1) is 0 Å². The number of nitrogens with two attached hydrogens (primary N) is 1. The minimum atomic E-state index is -4.47. The number of halogens is 3. The molecule has 1 heterocycles. The van der Waals surface area contributed by atoms with Gasteiger partial charge in [0.05, 0.1) is 5.56 Å². The van der Waals surface area contributed by atoms with E-state index in [1.165, 1.54) is 18.3 Å². The van der Waals surface area contributed by atoms with E-state index in [9.17, 15) is 18.0 Å². The van der Waals surface area contributed by atoms with Gasteiger partial charge in [0.1, 0.15) is 5.82 Å². The molecule has 0 saturated carbocycles. The Balaban J connectivity index is 2.24. The Morgan fingerprint density at radius 2 is 1.95 bits per heavy atom. The average molecular weight is 280 g/mol. The predicted octanol–water partition coefficient (Wildman–Crippen LogP) is 3.11. The number of benzene rings is 1. The maximum atomic E-state index is 12.6. The second-order valence-electron chi connectivity index (χ2n) is 4.23. The van der Waals surface area contributed by atoms with Crippen LogP contribution in [0.5, 0.6) is 0 Å². The van der Waals surface area contributed by atoms with Crippen molar-refractivity contribution in [1.82, 2.24) is 4.98 Å². The molecular weight excluding hydrogens is 269 g/mol. The highest BCUT2D eigenvalue weighted by Gasteiger charge is 2.30. The molecule has 0 aliphatic rings. The van der Waals surface area contributed by atoms with Gasteiger partial charge in [-0.2, -0.15) is 13.2 Å². The summed E-state index contributed by atoms with van der Waals surface area (Å²) in [6.07, 6.45) is -3.07. The molecule has 20 heavy (non-hydrogen) atoms. The lowest BCUT2D eigenvalue weighted by molar-refractivity contribution is -0.137. The van der Waals surface area contributed by atoms with Gasteiger partial charge in [-0.3, -0.25) is 4.79 Å². The second kappa shape index (κ2) is 5.32. The van der Waals surface area contributed by atoms with Gasteiger partial charge < -0.3 is 5.73 Å². The Morgan fingerprint density at radius 3 is 2.60 bits per heavy atom. The number of nitrogen functional groups attached to an aromatic ring is 1. The van der Waals surface area contributed by atoms with E-state index >= 15 is 0 Å². The van der Waals surface area contributed by atoms with E-state index in [0.29, 0.717) is 5.56 Å². The fraction of sp³-hybridized carbons (Fsp3) is 0.143. The number of carbonyl (C=O) groups excluding carboxylic acids is 1. The standard InChI is InChI=1S/C14H11F3N2O/c15-14(16,17)11-5-1-3-9(7-11)12(20)8-10-4-2-6-19-13(10)18/h1-7H,8H2,(H2,18,19). The van der Waals surface area contributed by atoms with Crippen molar-refractivity contribution in [3.05, 3.63) is 59.3 Å². The maximum Gasteiger partial charge on any atom is 0.416 e. The number of ketones is 1. The van der Waals surface area contributed by atoms with Crippen LogP contribution in [-0.2, 0) is 12.6 Å². The molecule has 2 rings (SSSR count). The summed E-state index contributed by atoms with van der Waals surface area (Å²) < 4.78 is 37.7. The molecular formula is C14H11F3N2O. The van der Waals surface area contributed by atoms with E-state index in [0.717, 1.165) is 12.1 Å². The Hall–Kier alpha value is -2.37. The first kappa shape index (κ1) is 14.0. The molecule has 3 nitrogen and oxygen atoms in total. The molecule has 0 aliphatic carbocycles. The van der Waals surface area contributed by atoms with Crippen LogP contribution in [0.2, 0.25) is 0 Å². The number of aromatic nitrogens is 1. The molecule has 0 radical (unpaired) electrons. The molecule has 0 atom stereocenters. The summed E-state index contributed by atoms with van der Waals surface area (Å²) in [7, 11) is 0. The Bertz CT molecular complexity index is 638. The lowest BCUT2D eigenvalue weighted by atomic mass is 10.0. The fourth-order valence-electron chi connectivity index (χ4n) is 1.74. The van der Waals surface area contributed by atoms with E-state index in [-0.39, 0.29) is 17.8 Å². The van der Waals surface area contributed by atoms with Crippen molar-refractivity contribution in [3.8, 4) is 0 Å². The molecule has 0 amide bonds. The maximum absolute atomic E-state index is 12.6. The van der Waals surface area contributed by atoms with Gasteiger partial charge in [0.15, 0.2) is 5.78 Å². The number of nitrogens with zero attached hydrogens (tertiary/aromatic N) is 1. The van der Waals surface area contributed by atoms with E-state index in [1.807, 2.05) is 0 Å². The summed E-state index contributed by atoms with van der Waals surface area (Å²) >= 11 is 0. The minimum Gasteiger partial charge on any atom is -0.383 e. The Labute approximate surface area is 113 Å². The summed E-state index contributed by atoms with van der Waals surface area (Å²) in [5, 5.41) is 0. The van der Waals surface area contributed by atoms with Crippen LogP contribution in [0.4, 0.5) is 19.0 Å². The van der Waals surface area contributed by atoms with Gasteiger partial charge in [-0.05, 0) is 18.2 Å². The molecule has 1 aromatic carbocycles. The molecule has 1 aromatic heterocycles. The first-order valence-corrected chi connectivity index (χ1v) is 5.78. The molecule has 0 saturated heterocycles. The molecule has 104 valence electrons. The van der Waals surface area contributed by atoms with Crippen LogP contribution in [0.3, 0.4) is 0 Å². The third-order valence-corrected chi connectivity index (χ3v) is 2.79. The molecule has 2 N–H and O–H groups in total. The number of alkyl halides is 3. The van der Waals surface area contributed by atoms with Gasteiger partial charge in [-0.25, -0.2) is 4.98 Å². The molecule has 0 spiro atoms. The molecule has 0 aliphatic heterocycles. The zero-order chi connectivity index (χ0) is 14.8. The van der Waals surface area contributed by atoms with Gasteiger partial charge in [0.25, 0.3) is 0 Å². The van der Waals surface area contributed by atoms with Crippen LogP contribution in [0, 0.1) is 0 Å². The van der Waals surface area contributed by atoms with Crippen LogP contribution >= 0.6 is 0 Å². The molecule has 0 unspecified atom stereocenters. The number of hydrogen-bond donors (Lipinski definition) is 1. The third kappa shape index (κ3) is 3.14. The quantitative estimate of drug-likeness (QED) is 0.879. The number of rotatable bonds is 3. The van der Waals surface area contributed by atoms with E-state index in [1.54, 1.807) is 12.1 Å². The highest BCUT2D eigenvalue weighted by atomic mass is 19.4. The van der Waals surface area contributed by atoms with Crippen molar-refractivity contribution in [2.24, 2.45) is 0 Å². The topological polar surface area (TPSA) is 56.0 Å². The van der Waals surface area contributed by atoms with Crippen molar-refractivity contribution in [1.29, 1.82) is 0 Å². The van der Waals surface area contributed by atoms with Crippen LogP contribution in [0.25, 0.3) is 0 Å². The number of anilines is 1. The zero-order valence-electron chi connectivity index (χ0n) is 10.3. The van der Waals surface area contributed by atoms with Crippen LogP contribution in [-0.4, -0.2) is 10.8 Å². The summed E-state index contributed by atoms with van der Waals surface area (Å²) in [6, 6.07) is 7.57. The molecule has 2 aromatic rings. The summed E-state index contributed by atoms with van der Waals surface area (Å²) in [6.45, 7) is 0. The fourth-order valence-corrected chi connectivity index (χ4v) is 1.74. The van der Waals surface area contributed by atoms with Gasteiger partial charge >= 0.3 is 6.18 Å². The summed E-state index contributed by atoms with van der Waals surface area (Å²) in [5.74, 6) is -0.233.